The fraction of sp³-hybridized carbons (Fsp3) is 0.857. The highest BCUT2D eigenvalue weighted by atomic mass is 16.6. The van der Waals surface area contributed by atoms with Crippen LogP contribution in [0.3, 0.4) is 0 Å². The minimum Gasteiger partial charge on any atom is -0.481 e. The van der Waals surface area contributed by atoms with Gasteiger partial charge in [0.05, 0.1) is 19.1 Å². The van der Waals surface area contributed by atoms with Crippen molar-refractivity contribution in [1.29, 1.82) is 0 Å². The number of aliphatic carboxylic acids is 1. The van der Waals surface area contributed by atoms with Gasteiger partial charge in [-0.05, 0) is 18.3 Å². The molecule has 5 heteroatoms. The lowest BCUT2D eigenvalue weighted by atomic mass is 9.83. The van der Waals surface area contributed by atoms with Crippen molar-refractivity contribution < 1.29 is 19.4 Å². The van der Waals surface area contributed by atoms with E-state index in [1.807, 2.05) is 34.6 Å². The first-order chi connectivity index (χ1) is 8.59. The average molecular weight is 273 g/mol. The predicted molar refractivity (Wildman–Crippen MR) is 74.1 cm³/mol. The van der Waals surface area contributed by atoms with Gasteiger partial charge < -0.3 is 14.7 Å². The molecule has 1 amide bonds. The van der Waals surface area contributed by atoms with Crippen LogP contribution in [0.25, 0.3) is 0 Å². The molecule has 0 saturated heterocycles. The summed E-state index contributed by atoms with van der Waals surface area (Å²) in [6.07, 6.45) is -0.507. The molecule has 0 spiro atoms. The lowest BCUT2D eigenvalue weighted by molar-refractivity contribution is -0.139. The molecule has 0 heterocycles. The number of hydrogen-bond acceptors (Lipinski definition) is 3. The Morgan fingerprint density at radius 1 is 1.26 bits per heavy atom. The van der Waals surface area contributed by atoms with Crippen molar-refractivity contribution in [3.05, 3.63) is 0 Å². The number of carbonyl (C=O) groups is 2. The predicted octanol–water partition coefficient (Wildman–Crippen LogP) is 2.99. The summed E-state index contributed by atoms with van der Waals surface area (Å²) >= 11 is 0. The summed E-state index contributed by atoms with van der Waals surface area (Å²) in [6, 6.07) is -0.383. The third kappa shape index (κ3) is 6.45. The Balaban J connectivity index is 5.22. The summed E-state index contributed by atoms with van der Waals surface area (Å²) in [7, 11) is 0. The van der Waals surface area contributed by atoms with Gasteiger partial charge in [0, 0.05) is 6.54 Å². The minimum absolute atomic E-state index is 0.0744. The second-order valence-corrected chi connectivity index (χ2v) is 6.22. The second-order valence-electron chi connectivity index (χ2n) is 6.22. The molecular formula is C14H27NO4. The molecule has 112 valence electrons. The summed E-state index contributed by atoms with van der Waals surface area (Å²) in [4.78, 5) is 24.7. The second kappa shape index (κ2) is 7.36. The Kier molecular flexibility index (Phi) is 6.87. The normalized spacial score (nSPS) is 13.2. The van der Waals surface area contributed by atoms with Gasteiger partial charge in [0.25, 0.3) is 0 Å². The lowest BCUT2D eigenvalue weighted by Crippen LogP contribution is -2.50. The summed E-state index contributed by atoms with van der Waals surface area (Å²) in [5.74, 6) is -0.652. The van der Waals surface area contributed by atoms with Gasteiger partial charge in [-0.3, -0.25) is 4.79 Å². The van der Waals surface area contributed by atoms with E-state index in [0.717, 1.165) is 0 Å². The van der Waals surface area contributed by atoms with Crippen molar-refractivity contribution in [2.45, 2.75) is 54.0 Å². The Hall–Kier alpha value is -1.26. The van der Waals surface area contributed by atoms with Crippen LogP contribution >= 0.6 is 0 Å². The van der Waals surface area contributed by atoms with Crippen LogP contribution in [0.2, 0.25) is 0 Å². The van der Waals surface area contributed by atoms with Crippen LogP contribution in [0.15, 0.2) is 0 Å². The number of amides is 1. The molecule has 0 fully saturated rings. The van der Waals surface area contributed by atoms with Gasteiger partial charge in [-0.2, -0.15) is 0 Å². The van der Waals surface area contributed by atoms with Gasteiger partial charge in [0.2, 0.25) is 0 Å². The van der Waals surface area contributed by atoms with Crippen LogP contribution in [-0.4, -0.2) is 41.3 Å². The third-order valence-electron chi connectivity index (χ3n) is 2.81. The van der Waals surface area contributed by atoms with E-state index in [-0.39, 0.29) is 30.4 Å². The van der Waals surface area contributed by atoms with E-state index in [0.29, 0.717) is 6.54 Å². The Morgan fingerprint density at radius 2 is 1.79 bits per heavy atom. The van der Waals surface area contributed by atoms with Gasteiger partial charge in [-0.25, -0.2) is 4.79 Å². The highest BCUT2D eigenvalue weighted by Gasteiger charge is 2.36. The number of hydrogen-bond donors (Lipinski definition) is 1. The van der Waals surface area contributed by atoms with Gasteiger partial charge >= 0.3 is 12.1 Å². The van der Waals surface area contributed by atoms with E-state index in [2.05, 4.69) is 0 Å². The maximum Gasteiger partial charge on any atom is 0.410 e. The molecule has 1 unspecified atom stereocenters. The van der Waals surface area contributed by atoms with E-state index < -0.39 is 12.1 Å². The molecule has 1 atom stereocenters. The third-order valence-corrected chi connectivity index (χ3v) is 2.81. The van der Waals surface area contributed by atoms with Crippen molar-refractivity contribution in [1.82, 2.24) is 4.90 Å². The van der Waals surface area contributed by atoms with E-state index in [9.17, 15) is 9.59 Å². The molecule has 0 bridgehead atoms. The molecule has 0 aliphatic rings. The highest BCUT2D eigenvalue weighted by Crippen LogP contribution is 2.28. The molecule has 0 aromatic heterocycles. The fourth-order valence-electron chi connectivity index (χ4n) is 1.98. The SMILES string of the molecule is CCOC(=O)N(CC(C)C)C(CC(=O)O)C(C)(C)C. The lowest BCUT2D eigenvalue weighted by Gasteiger charge is -2.39. The first-order valence-electron chi connectivity index (χ1n) is 6.74. The molecular weight excluding hydrogens is 246 g/mol. The first kappa shape index (κ1) is 17.7. The van der Waals surface area contributed by atoms with Crippen molar-refractivity contribution in [3.63, 3.8) is 0 Å². The Morgan fingerprint density at radius 3 is 2.11 bits per heavy atom. The average Bonchev–Trinajstić information content (AvgIpc) is 2.21. The fourth-order valence-corrected chi connectivity index (χ4v) is 1.98. The highest BCUT2D eigenvalue weighted by molar-refractivity contribution is 5.71. The number of rotatable bonds is 6. The summed E-state index contributed by atoms with van der Waals surface area (Å²) in [6.45, 7) is 12.3. The molecule has 0 aliphatic heterocycles. The summed E-state index contributed by atoms with van der Waals surface area (Å²) in [5, 5.41) is 9.06. The van der Waals surface area contributed by atoms with Crippen LogP contribution < -0.4 is 0 Å². The van der Waals surface area contributed by atoms with Crippen molar-refractivity contribution in [2.24, 2.45) is 11.3 Å². The zero-order valence-corrected chi connectivity index (χ0v) is 12.9. The molecule has 0 aromatic rings. The number of carboxylic acid groups (broad SMARTS) is 1. The smallest absolute Gasteiger partial charge is 0.410 e. The maximum absolute atomic E-state index is 12.1. The number of carbonyl (C=O) groups excluding carboxylic acids is 1. The van der Waals surface area contributed by atoms with Gasteiger partial charge in [-0.1, -0.05) is 34.6 Å². The molecule has 0 rings (SSSR count). The molecule has 19 heavy (non-hydrogen) atoms. The van der Waals surface area contributed by atoms with E-state index >= 15 is 0 Å². The summed E-state index contributed by atoms with van der Waals surface area (Å²) < 4.78 is 5.06. The monoisotopic (exact) mass is 273 g/mol. The standard InChI is InChI=1S/C14H27NO4/c1-7-19-13(18)15(9-10(2)3)11(8-12(16)17)14(4,5)6/h10-11H,7-9H2,1-6H3,(H,16,17). The Bertz CT molecular complexity index is 307. The molecule has 0 saturated carbocycles. The first-order valence-corrected chi connectivity index (χ1v) is 6.74. The van der Waals surface area contributed by atoms with E-state index in [1.165, 1.54) is 0 Å². The largest absolute Gasteiger partial charge is 0.481 e. The summed E-state index contributed by atoms with van der Waals surface area (Å²) in [5.41, 5.74) is -0.319. The van der Waals surface area contributed by atoms with Crippen LogP contribution in [0.1, 0.15) is 48.0 Å². The molecule has 5 nitrogen and oxygen atoms in total. The van der Waals surface area contributed by atoms with E-state index in [1.54, 1.807) is 11.8 Å². The minimum atomic E-state index is -0.905. The molecule has 0 radical (unpaired) electrons. The number of carboxylic acids is 1. The zero-order chi connectivity index (χ0) is 15.2. The molecule has 0 aliphatic carbocycles. The van der Waals surface area contributed by atoms with Crippen molar-refractivity contribution in [3.8, 4) is 0 Å². The molecule has 0 aromatic carbocycles. The van der Waals surface area contributed by atoms with Crippen LogP contribution in [0, 0.1) is 11.3 Å². The van der Waals surface area contributed by atoms with E-state index in [4.69, 9.17) is 9.84 Å². The molecule has 1 N–H and O–H groups in total. The zero-order valence-electron chi connectivity index (χ0n) is 12.9. The van der Waals surface area contributed by atoms with Crippen LogP contribution in [-0.2, 0) is 9.53 Å². The van der Waals surface area contributed by atoms with Crippen LogP contribution in [0.5, 0.6) is 0 Å². The van der Waals surface area contributed by atoms with Crippen molar-refractivity contribution >= 4 is 12.1 Å². The maximum atomic E-state index is 12.1. The topological polar surface area (TPSA) is 66.8 Å². The Labute approximate surface area is 115 Å². The van der Waals surface area contributed by atoms with Gasteiger partial charge in [-0.15, -0.1) is 0 Å². The van der Waals surface area contributed by atoms with Crippen molar-refractivity contribution in [2.75, 3.05) is 13.2 Å². The number of ether oxygens (including phenoxy) is 1. The van der Waals surface area contributed by atoms with Crippen LogP contribution in [0.4, 0.5) is 4.79 Å². The quantitative estimate of drug-likeness (QED) is 0.808. The number of nitrogens with zero attached hydrogens (tertiary/aromatic N) is 1. The van der Waals surface area contributed by atoms with Gasteiger partial charge in [0.15, 0.2) is 0 Å². The van der Waals surface area contributed by atoms with Gasteiger partial charge in [0.1, 0.15) is 0 Å².